The average Bonchev–Trinajstić information content (AvgIpc) is 3.08. The fourth-order valence-electron chi connectivity index (χ4n) is 1.90. The summed E-state index contributed by atoms with van der Waals surface area (Å²) in [5.41, 5.74) is 3.21. The van der Waals surface area contributed by atoms with Crippen molar-refractivity contribution in [2.75, 3.05) is 5.32 Å². The molecule has 0 fully saturated rings. The Morgan fingerprint density at radius 1 is 1.35 bits per heavy atom. The van der Waals surface area contributed by atoms with Crippen molar-refractivity contribution in [3.05, 3.63) is 57.0 Å². The van der Waals surface area contributed by atoms with Gasteiger partial charge in [-0.2, -0.15) is 5.10 Å². The van der Waals surface area contributed by atoms with Crippen LogP contribution < -0.4 is 5.32 Å². The highest BCUT2D eigenvalue weighted by Gasteiger charge is 2.09. The molecule has 0 saturated heterocycles. The number of thiophene rings is 1. The van der Waals surface area contributed by atoms with Gasteiger partial charge in [0, 0.05) is 27.3 Å². The average molecular weight is 369 g/mol. The molecule has 0 saturated carbocycles. The third-order valence-corrected chi connectivity index (χ3v) is 4.66. The Morgan fingerprint density at radius 3 is 3.00 bits per heavy atom. The predicted molar refractivity (Wildman–Crippen MR) is 88.4 cm³/mol. The number of nitrogens with one attached hydrogen (secondary N) is 2. The molecule has 2 heterocycles. The summed E-state index contributed by atoms with van der Waals surface area (Å²) in [6, 6.07) is 9.81. The molecule has 0 bridgehead atoms. The molecule has 0 atom stereocenters. The Hall–Kier alpha value is -1.30. The maximum absolute atomic E-state index is 5.94. The molecule has 0 amide bonds. The van der Waals surface area contributed by atoms with Crippen molar-refractivity contribution < 1.29 is 0 Å². The van der Waals surface area contributed by atoms with Crippen LogP contribution in [-0.2, 0) is 6.54 Å². The summed E-state index contributed by atoms with van der Waals surface area (Å²) in [6.45, 7) is 0.698. The van der Waals surface area contributed by atoms with Crippen LogP contribution in [-0.4, -0.2) is 10.2 Å². The van der Waals surface area contributed by atoms with Gasteiger partial charge >= 0.3 is 0 Å². The first-order chi connectivity index (χ1) is 9.74. The van der Waals surface area contributed by atoms with Gasteiger partial charge in [-0.3, -0.25) is 5.10 Å². The molecular formula is C14H11BrClN3S. The van der Waals surface area contributed by atoms with Crippen LogP contribution >= 0.6 is 38.9 Å². The van der Waals surface area contributed by atoms with Crippen LogP contribution in [0.15, 0.2) is 46.4 Å². The molecule has 102 valence electrons. The maximum atomic E-state index is 5.94. The zero-order valence-electron chi connectivity index (χ0n) is 10.4. The van der Waals surface area contributed by atoms with Crippen LogP contribution in [0.3, 0.4) is 0 Å². The third-order valence-electron chi connectivity index (χ3n) is 2.89. The number of H-pyrrole nitrogens is 1. The summed E-state index contributed by atoms with van der Waals surface area (Å²) in [4.78, 5) is 1.19. The molecule has 0 aliphatic carbocycles. The van der Waals surface area contributed by atoms with Crippen LogP contribution in [0, 0.1) is 0 Å². The molecule has 0 spiro atoms. The van der Waals surface area contributed by atoms with Gasteiger partial charge in [0.15, 0.2) is 0 Å². The van der Waals surface area contributed by atoms with Gasteiger partial charge < -0.3 is 5.32 Å². The molecule has 3 aromatic rings. The van der Waals surface area contributed by atoms with Crippen LogP contribution in [0.4, 0.5) is 5.69 Å². The number of aromatic nitrogens is 2. The third kappa shape index (κ3) is 2.90. The number of hydrogen-bond donors (Lipinski definition) is 2. The molecule has 6 heteroatoms. The van der Waals surface area contributed by atoms with Gasteiger partial charge in [0.25, 0.3) is 0 Å². The molecule has 20 heavy (non-hydrogen) atoms. The van der Waals surface area contributed by atoms with E-state index in [1.54, 1.807) is 11.3 Å². The highest BCUT2D eigenvalue weighted by molar-refractivity contribution is 9.10. The quantitative estimate of drug-likeness (QED) is 0.667. The molecule has 0 radical (unpaired) electrons. The lowest BCUT2D eigenvalue weighted by Crippen LogP contribution is -2.00. The predicted octanol–water partition coefficient (Wildman–Crippen LogP) is 5.17. The van der Waals surface area contributed by atoms with E-state index >= 15 is 0 Å². The van der Waals surface area contributed by atoms with Crippen molar-refractivity contribution in [2.24, 2.45) is 0 Å². The molecule has 2 N–H and O–H groups in total. The summed E-state index contributed by atoms with van der Waals surface area (Å²) in [6.07, 6.45) is 1.85. The first kappa shape index (κ1) is 13.7. The van der Waals surface area contributed by atoms with E-state index in [2.05, 4.69) is 42.9 Å². The Bertz CT molecular complexity index is 709. The minimum absolute atomic E-state index is 0.698. The fraction of sp³-hybridized carbons (Fsp3) is 0.0714. The van der Waals surface area contributed by atoms with Crippen molar-refractivity contribution >= 4 is 44.6 Å². The zero-order valence-corrected chi connectivity index (χ0v) is 13.5. The summed E-state index contributed by atoms with van der Waals surface area (Å²) < 4.78 is 0.950. The number of nitrogens with zero attached hydrogens (tertiary/aromatic N) is 1. The number of benzene rings is 1. The van der Waals surface area contributed by atoms with Crippen LogP contribution in [0.5, 0.6) is 0 Å². The lowest BCUT2D eigenvalue weighted by molar-refractivity contribution is 1.10. The number of aromatic amines is 1. The highest BCUT2D eigenvalue weighted by atomic mass is 79.9. The van der Waals surface area contributed by atoms with E-state index in [1.807, 2.05) is 30.5 Å². The minimum Gasteiger partial charge on any atom is -0.380 e. The lowest BCUT2D eigenvalue weighted by Gasteiger charge is -2.08. The van der Waals surface area contributed by atoms with Gasteiger partial charge in [-0.25, -0.2) is 0 Å². The second-order valence-electron chi connectivity index (χ2n) is 4.23. The summed E-state index contributed by atoms with van der Waals surface area (Å²) in [7, 11) is 0. The van der Waals surface area contributed by atoms with Gasteiger partial charge in [-0.15, -0.1) is 11.3 Å². The van der Waals surface area contributed by atoms with Gasteiger partial charge in [0.05, 0.1) is 16.8 Å². The summed E-state index contributed by atoms with van der Waals surface area (Å²) in [5, 5.41) is 13.3. The molecule has 3 nitrogen and oxygen atoms in total. The van der Waals surface area contributed by atoms with Crippen molar-refractivity contribution in [1.29, 1.82) is 0 Å². The second-order valence-corrected chi connectivity index (χ2v) is 6.46. The molecule has 2 aromatic heterocycles. The smallest absolute Gasteiger partial charge is 0.0799 e. The molecule has 0 unspecified atom stereocenters. The highest BCUT2D eigenvalue weighted by Crippen LogP contribution is 2.29. The van der Waals surface area contributed by atoms with Crippen LogP contribution in [0.25, 0.3) is 10.6 Å². The standard InChI is InChI=1S/C14H11BrClN3S/c15-11-6-10(16)3-4-12(11)17-7-9-8-18-19-14(9)13-2-1-5-20-13/h1-6,8,17H,7H2,(H,18,19). The molecule has 0 aliphatic heterocycles. The largest absolute Gasteiger partial charge is 0.380 e. The monoisotopic (exact) mass is 367 g/mol. The lowest BCUT2D eigenvalue weighted by atomic mass is 10.2. The van der Waals surface area contributed by atoms with E-state index in [4.69, 9.17) is 11.6 Å². The number of halogens is 2. The van der Waals surface area contributed by atoms with Gasteiger partial charge in [-0.05, 0) is 45.6 Å². The first-order valence-electron chi connectivity index (χ1n) is 5.99. The van der Waals surface area contributed by atoms with E-state index in [0.29, 0.717) is 11.6 Å². The Morgan fingerprint density at radius 2 is 2.25 bits per heavy atom. The molecule has 3 rings (SSSR count). The van der Waals surface area contributed by atoms with Crippen molar-refractivity contribution in [3.8, 4) is 10.6 Å². The van der Waals surface area contributed by atoms with Crippen molar-refractivity contribution in [1.82, 2.24) is 10.2 Å². The van der Waals surface area contributed by atoms with E-state index < -0.39 is 0 Å². The topological polar surface area (TPSA) is 40.7 Å². The van der Waals surface area contributed by atoms with Crippen molar-refractivity contribution in [3.63, 3.8) is 0 Å². The second kappa shape index (κ2) is 5.99. The number of anilines is 1. The minimum atomic E-state index is 0.698. The van der Waals surface area contributed by atoms with Gasteiger partial charge in [0.2, 0.25) is 0 Å². The molecule has 1 aromatic carbocycles. The molecule has 0 aliphatic rings. The van der Waals surface area contributed by atoms with E-state index in [1.165, 1.54) is 4.88 Å². The Balaban J connectivity index is 1.78. The zero-order chi connectivity index (χ0) is 13.9. The van der Waals surface area contributed by atoms with E-state index in [0.717, 1.165) is 21.4 Å². The van der Waals surface area contributed by atoms with E-state index in [9.17, 15) is 0 Å². The normalized spacial score (nSPS) is 10.7. The Kier molecular flexibility index (Phi) is 4.10. The van der Waals surface area contributed by atoms with Crippen LogP contribution in [0.2, 0.25) is 5.02 Å². The van der Waals surface area contributed by atoms with Crippen molar-refractivity contribution in [2.45, 2.75) is 6.54 Å². The fourth-order valence-corrected chi connectivity index (χ4v) is 3.48. The summed E-state index contributed by atoms with van der Waals surface area (Å²) >= 11 is 11.1. The Labute approximate surface area is 134 Å². The van der Waals surface area contributed by atoms with Gasteiger partial charge in [-0.1, -0.05) is 17.7 Å². The van der Waals surface area contributed by atoms with Crippen LogP contribution in [0.1, 0.15) is 5.56 Å². The summed E-state index contributed by atoms with van der Waals surface area (Å²) in [5.74, 6) is 0. The SMILES string of the molecule is Clc1ccc(NCc2cn[nH]c2-c2cccs2)c(Br)c1. The maximum Gasteiger partial charge on any atom is 0.0799 e. The first-order valence-corrected chi connectivity index (χ1v) is 8.04. The molecular weight excluding hydrogens is 358 g/mol. The number of rotatable bonds is 4. The van der Waals surface area contributed by atoms with Gasteiger partial charge in [0.1, 0.15) is 0 Å². The van der Waals surface area contributed by atoms with E-state index in [-0.39, 0.29) is 0 Å². The number of hydrogen-bond acceptors (Lipinski definition) is 3.